The van der Waals surface area contributed by atoms with Crippen molar-refractivity contribution in [2.24, 2.45) is 28.8 Å². The first kappa shape index (κ1) is 32.7. The molecule has 0 aromatic heterocycles. The first-order valence-corrected chi connectivity index (χ1v) is 14.8. The van der Waals surface area contributed by atoms with Crippen molar-refractivity contribution < 1.29 is 37.4 Å². The molecule has 0 radical (unpaired) electrons. The zero-order valence-electron chi connectivity index (χ0n) is 24.5. The molecule has 1 aromatic carbocycles. The van der Waals surface area contributed by atoms with Gasteiger partial charge in [-0.3, -0.25) is 14.4 Å². The number of carboxylic acid groups (broad SMARTS) is 1. The maximum Gasteiger partial charge on any atom is 0.434 e. The Morgan fingerprint density at radius 1 is 1.23 bits per heavy atom. The molecule has 1 aromatic rings. The van der Waals surface area contributed by atoms with E-state index in [-0.39, 0.29) is 36.6 Å². The van der Waals surface area contributed by atoms with Crippen molar-refractivity contribution in [3.63, 3.8) is 0 Å². The van der Waals surface area contributed by atoms with Gasteiger partial charge in [0.15, 0.2) is 5.70 Å². The summed E-state index contributed by atoms with van der Waals surface area (Å²) >= 11 is 6.60. The van der Waals surface area contributed by atoms with Crippen LogP contribution in [0.15, 0.2) is 23.5 Å². The molecule has 14 heteroatoms. The van der Waals surface area contributed by atoms with Gasteiger partial charge in [-0.1, -0.05) is 31.4 Å². The Morgan fingerprint density at radius 3 is 2.51 bits per heavy atom. The fourth-order valence-corrected chi connectivity index (χ4v) is 6.92. The molecule has 0 bridgehead atoms. The number of alkyl halides is 3. The van der Waals surface area contributed by atoms with Crippen molar-refractivity contribution in [1.29, 1.82) is 0 Å². The zero-order valence-corrected chi connectivity index (χ0v) is 25.3. The Balaban J connectivity index is 1.77. The minimum atomic E-state index is -4.83. The van der Waals surface area contributed by atoms with E-state index in [1.807, 2.05) is 6.92 Å². The Kier molecular flexibility index (Phi) is 9.46. The van der Waals surface area contributed by atoms with Crippen LogP contribution < -0.4 is 16.3 Å². The van der Waals surface area contributed by atoms with Gasteiger partial charge in [-0.2, -0.15) is 13.2 Å². The summed E-state index contributed by atoms with van der Waals surface area (Å²) in [6.45, 7) is 3.55. The minimum Gasteiger partial charge on any atom is -0.487 e. The predicted octanol–water partition coefficient (Wildman–Crippen LogP) is 3.83. The summed E-state index contributed by atoms with van der Waals surface area (Å²) in [6, 6.07) is 2.30. The number of carboxylic acids is 1. The molecule has 1 aliphatic carbocycles. The first-order valence-electron chi connectivity index (χ1n) is 14.4. The van der Waals surface area contributed by atoms with Gasteiger partial charge in [0, 0.05) is 43.2 Å². The molecule has 1 saturated carbocycles. The number of hydrazine groups is 1. The Bertz CT molecular complexity index is 1310. The smallest absolute Gasteiger partial charge is 0.434 e. The summed E-state index contributed by atoms with van der Waals surface area (Å²) in [6.07, 6.45) is -1.72. The second-order valence-electron chi connectivity index (χ2n) is 12.0. The van der Waals surface area contributed by atoms with E-state index in [1.54, 1.807) is 22.8 Å². The van der Waals surface area contributed by atoms with Gasteiger partial charge in [0.25, 0.3) is 0 Å². The van der Waals surface area contributed by atoms with Crippen LogP contribution in [-0.4, -0.2) is 77.2 Å². The number of carbonyl (C=O) groups is 3. The number of nitrogens with two attached hydrogens (primary N) is 2. The predicted molar refractivity (Wildman–Crippen MR) is 152 cm³/mol. The topological polar surface area (TPSA) is 142 Å². The lowest BCUT2D eigenvalue weighted by Crippen LogP contribution is -2.52. The number of ether oxygens (including phenoxy) is 1. The molecule has 2 heterocycles. The van der Waals surface area contributed by atoms with Crippen LogP contribution in [0.25, 0.3) is 0 Å². The van der Waals surface area contributed by atoms with E-state index in [2.05, 4.69) is 0 Å². The fourth-order valence-electron chi connectivity index (χ4n) is 6.66. The normalized spacial score (nSPS) is 26.6. The number of hydrogen-bond acceptors (Lipinski definition) is 7. The summed E-state index contributed by atoms with van der Waals surface area (Å²) < 4.78 is 46.7. The third-order valence-electron chi connectivity index (χ3n) is 9.12. The number of amides is 2. The second-order valence-corrected chi connectivity index (χ2v) is 12.4. The molecule has 43 heavy (non-hydrogen) atoms. The van der Waals surface area contributed by atoms with E-state index in [1.165, 1.54) is 6.07 Å². The first-order chi connectivity index (χ1) is 20.1. The molecule has 3 aliphatic rings. The molecule has 0 unspecified atom stereocenters. The average molecular weight is 630 g/mol. The third-order valence-corrected chi connectivity index (χ3v) is 9.47. The molecule has 10 nitrogen and oxygen atoms in total. The monoisotopic (exact) mass is 629 g/mol. The Hall–Kier alpha value is -3.19. The van der Waals surface area contributed by atoms with Gasteiger partial charge in [-0.05, 0) is 50.3 Å². The van der Waals surface area contributed by atoms with Crippen LogP contribution in [0.2, 0.25) is 5.02 Å². The quantitative estimate of drug-likeness (QED) is 0.291. The van der Waals surface area contributed by atoms with Crippen LogP contribution in [0.5, 0.6) is 5.75 Å². The molecule has 2 aliphatic heterocycles. The molecule has 2 fully saturated rings. The van der Waals surface area contributed by atoms with Crippen LogP contribution in [0.3, 0.4) is 0 Å². The van der Waals surface area contributed by atoms with Gasteiger partial charge in [-0.15, -0.1) is 0 Å². The number of likely N-dealkylation sites (tertiary alicyclic amines) is 1. The molecule has 4 rings (SSSR count). The fraction of sp³-hybridized carbons (Fsp3) is 0.621. The lowest BCUT2D eigenvalue weighted by atomic mass is 9.66. The number of aliphatic carboxylic acids is 1. The largest absolute Gasteiger partial charge is 0.487 e. The highest BCUT2D eigenvalue weighted by atomic mass is 35.5. The van der Waals surface area contributed by atoms with Crippen molar-refractivity contribution in [1.82, 2.24) is 14.8 Å². The molecule has 1 saturated heterocycles. The van der Waals surface area contributed by atoms with E-state index >= 15 is 0 Å². The summed E-state index contributed by atoms with van der Waals surface area (Å²) in [4.78, 5) is 42.9. The van der Waals surface area contributed by atoms with E-state index in [0.717, 1.165) is 7.05 Å². The van der Waals surface area contributed by atoms with Gasteiger partial charge < -0.3 is 30.4 Å². The number of carbonyl (C=O) groups excluding carboxylic acids is 2. The summed E-state index contributed by atoms with van der Waals surface area (Å²) in [7, 11) is 1.02. The van der Waals surface area contributed by atoms with Crippen LogP contribution >= 0.6 is 11.6 Å². The number of hydrogen-bond donors (Lipinski definition) is 3. The Labute approximate surface area is 253 Å². The lowest BCUT2D eigenvalue weighted by Gasteiger charge is -2.45. The van der Waals surface area contributed by atoms with Gasteiger partial charge >= 0.3 is 12.1 Å². The summed E-state index contributed by atoms with van der Waals surface area (Å²) in [5.41, 5.74) is 3.75. The van der Waals surface area contributed by atoms with Crippen LogP contribution in [0.1, 0.15) is 63.1 Å². The maximum absolute atomic E-state index is 14.3. The van der Waals surface area contributed by atoms with Crippen molar-refractivity contribution in [2.45, 2.75) is 64.6 Å². The highest BCUT2D eigenvalue weighted by Gasteiger charge is 2.50. The van der Waals surface area contributed by atoms with Gasteiger partial charge in [0.2, 0.25) is 11.8 Å². The highest BCUT2D eigenvalue weighted by molar-refractivity contribution is 6.31. The standard InChI is InChI=1S/C29H39ClF3N5O5/c1-16-9-12-37(25(16)39)14-21-23-17(10-13-38(21)26(40)18-6-4-5-11-28(18,2)27(41)42)19(30)7-8-22(23)43-15-20(34)24(36(3)35)29(31,32)33/h7-8,16,18,21H,4-6,9-15,34-35H2,1-3H3,(H,41,42)/b24-20-/t16-,18+,21-,28+/m1/s1. The molecular formula is C29H39ClF3N5O5. The number of allylic oxidation sites excluding steroid dienone is 1. The van der Waals surface area contributed by atoms with E-state index < -0.39 is 47.5 Å². The second kappa shape index (κ2) is 12.4. The van der Waals surface area contributed by atoms with Crippen LogP contribution in [0.4, 0.5) is 13.2 Å². The van der Waals surface area contributed by atoms with E-state index in [0.29, 0.717) is 66.2 Å². The highest BCUT2D eigenvalue weighted by Crippen LogP contribution is 2.46. The molecule has 0 spiro atoms. The minimum absolute atomic E-state index is 0.0787. The van der Waals surface area contributed by atoms with Crippen LogP contribution in [-0.2, 0) is 20.8 Å². The average Bonchev–Trinajstić information content (AvgIpc) is 3.24. The zero-order chi connectivity index (χ0) is 31.9. The van der Waals surface area contributed by atoms with Crippen molar-refractivity contribution >= 4 is 29.4 Å². The lowest BCUT2D eigenvalue weighted by molar-refractivity contribution is -0.162. The van der Waals surface area contributed by atoms with E-state index in [9.17, 15) is 32.7 Å². The van der Waals surface area contributed by atoms with Gasteiger partial charge in [0.1, 0.15) is 12.4 Å². The van der Waals surface area contributed by atoms with Crippen LogP contribution in [0, 0.1) is 17.3 Å². The number of fused-ring (bicyclic) bond motifs is 1. The maximum atomic E-state index is 14.3. The number of benzene rings is 1. The molecule has 4 atom stereocenters. The summed E-state index contributed by atoms with van der Waals surface area (Å²) in [5, 5.41) is 10.9. The third kappa shape index (κ3) is 6.38. The number of halogens is 4. The summed E-state index contributed by atoms with van der Waals surface area (Å²) in [5.74, 6) is 3.13. The Morgan fingerprint density at radius 2 is 1.93 bits per heavy atom. The van der Waals surface area contributed by atoms with Crippen molar-refractivity contribution in [3.8, 4) is 5.75 Å². The van der Waals surface area contributed by atoms with Crippen molar-refractivity contribution in [3.05, 3.63) is 39.7 Å². The van der Waals surface area contributed by atoms with Gasteiger partial charge in [0.05, 0.1) is 23.1 Å². The van der Waals surface area contributed by atoms with Gasteiger partial charge in [-0.25, -0.2) is 5.84 Å². The molecule has 238 valence electrons. The SMILES string of the molecule is C[C@@H]1CCN(C[C@@H]2c3c(OC/C(N)=C(/N(C)N)C(F)(F)F)ccc(Cl)c3CCN2C(=O)[C@@H]2CCCC[C@]2(C)C(=O)O)C1=O. The number of nitrogens with zero attached hydrogens (tertiary/aromatic N) is 3. The molecule has 5 N–H and O–H groups in total. The number of rotatable bonds is 8. The molecular weight excluding hydrogens is 591 g/mol. The van der Waals surface area contributed by atoms with Crippen molar-refractivity contribution in [2.75, 3.05) is 33.3 Å². The van der Waals surface area contributed by atoms with E-state index in [4.69, 9.17) is 27.9 Å². The molecule has 2 amide bonds.